The molecule has 0 saturated heterocycles. The topological polar surface area (TPSA) is 0 Å². The van der Waals surface area contributed by atoms with Crippen LogP contribution in [0.2, 0.25) is 5.02 Å². The molecule has 0 spiro atoms. The second-order valence-corrected chi connectivity index (χ2v) is 5.03. The van der Waals surface area contributed by atoms with Gasteiger partial charge in [0.25, 0.3) is 0 Å². The van der Waals surface area contributed by atoms with Crippen LogP contribution in [0, 0.1) is 0 Å². The molecule has 64 valence electrons. The lowest BCUT2D eigenvalue weighted by atomic mass is 10.1. The summed E-state index contributed by atoms with van der Waals surface area (Å²) in [6, 6.07) is 6.06. The molecular weight excluding hydrogens is 208 g/mol. The third-order valence-electron chi connectivity index (χ3n) is 1.98. The largest absolute Gasteiger partial charge is 0.171 e. The maximum Gasteiger partial charge on any atom is 0.0417 e. The SMILES string of the molecule is SC1CCSc2cc(Cl)ccc21. The highest BCUT2D eigenvalue weighted by molar-refractivity contribution is 7.99. The molecule has 2 rings (SSSR count). The van der Waals surface area contributed by atoms with Gasteiger partial charge in [-0.15, -0.1) is 11.8 Å². The first-order valence-corrected chi connectivity index (χ1v) is 5.75. The molecule has 12 heavy (non-hydrogen) atoms. The van der Waals surface area contributed by atoms with Crippen molar-refractivity contribution < 1.29 is 0 Å². The summed E-state index contributed by atoms with van der Waals surface area (Å²) in [6.45, 7) is 0. The summed E-state index contributed by atoms with van der Waals surface area (Å²) in [4.78, 5) is 1.30. The third kappa shape index (κ3) is 1.61. The first-order chi connectivity index (χ1) is 5.77. The van der Waals surface area contributed by atoms with Crippen LogP contribution in [-0.4, -0.2) is 5.75 Å². The van der Waals surface area contributed by atoms with Crippen molar-refractivity contribution in [3.8, 4) is 0 Å². The van der Waals surface area contributed by atoms with Crippen LogP contribution in [0.1, 0.15) is 17.2 Å². The van der Waals surface area contributed by atoms with E-state index in [4.69, 9.17) is 11.6 Å². The molecule has 3 heteroatoms. The van der Waals surface area contributed by atoms with Crippen molar-refractivity contribution >= 4 is 36.0 Å². The summed E-state index contributed by atoms with van der Waals surface area (Å²) in [5.41, 5.74) is 1.33. The van der Waals surface area contributed by atoms with Crippen LogP contribution < -0.4 is 0 Å². The summed E-state index contributed by atoms with van der Waals surface area (Å²) in [5, 5.41) is 1.22. The highest BCUT2D eigenvalue weighted by atomic mass is 35.5. The maximum atomic E-state index is 5.89. The fraction of sp³-hybridized carbons (Fsp3) is 0.333. The zero-order chi connectivity index (χ0) is 8.55. The van der Waals surface area contributed by atoms with Crippen molar-refractivity contribution in [1.29, 1.82) is 0 Å². The smallest absolute Gasteiger partial charge is 0.0417 e. The van der Waals surface area contributed by atoms with Crippen molar-refractivity contribution in [2.45, 2.75) is 16.6 Å². The number of fused-ring (bicyclic) bond motifs is 1. The Balaban J connectivity index is 2.46. The summed E-state index contributed by atoms with van der Waals surface area (Å²) in [6.07, 6.45) is 1.16. The van der Waals surface area contributed by atoms with Gasteiger partial charge in [-0.25, -0.2) is 0 Å². The van der Waals surface area contributed by atoms with Gasteiger partial charge in [-0.05, 0) is 29.9 Å². The number of hydrogen-bond acceptors (Lipinski definition) is 2. The molecule has 0 amide bonds. The molecule has 0 bridgehead atoms. The molecule has 1 aromatic carbocycles. The van der Waals surface area contributed by atoms with Crippen molar-refractivity contribution in [2.75, 3.05) is 5.75 Å². The standard InChI is InChI=1S/C9H9ClS2/c10-6-1-2-7-8(11)3-4-12-9(7)5-6/h1-2,5,8,11H,3-4H2. The minimum absolute atomic E-state index is 0.401. The quantitative estimate of drug-likeness (QED) is 0.644. The molecule has 0 radical (unpaired) electrons. The van der Waals surface area contributed by atoms with E-state index >= 15 is 0 Å². The molecule has 0 aliphatic carbocycles. The van der Waals surface area contributed by atoms with Crippen molar-refractivity contribution in [2.24, 2.45) is 0 Å². The molecule has 1 aromatic rings. The Hall–Kier alpha value is 0.210. The van der Waals surface area contributed by atoms with E-state index in [0.29, 0.717) is 5.25 Å². The lowest BCUT2D eigenvalue weighted by Crippen LogP contribution is -2.01. The minimum atomic E-state index is 0.401. The van der Waals surface area contributed by atoms with Gasteiger partial charge in [0.1, 0.15) is 0 Å². The number of thioether (sulfide) groups is 1. The van der Waals surface area contributed by atoms with Crippen LogP contribution in [0.3, 0.4) is 0 Å². The fourth-order valence-electron chi connectivity index (χ4n) is 1.34. The molecule has 1 heterocycles. The average molecular weight is 217 g/mol. The second-order valence-electron chi connectivity index (χ2n) is 2.84. The Morgan fingerprint density at radius 2 is 2.33 bits per heavy atom. The van der Waals surface area contributed by atoms with Gasteiger partial charge in [-0.3, -0.25) is 0 Å². The van der Waals surface area contributed by atoms with Gasteiger partial charge in [0.05, 0.1) is 0 Å². The minimum Gasteiger partial charge on any atom is -0.171 e. The van der Waals surface area contributed by atoms with E-state index in [9.17, 15) is 0 Å². The first kappa shape index (κ1) is 8.79. The van der Waals surface area contributed by atoms with Crippen LogP contribution >= 0.6 is 36.0 Å². The highest BCUT2D eigenvalue weighted by Crippen LogP contribution is 2.40. The van der Waals surface area contributed by atoms with Crippen molar-refractivity contribution in [3.05, 3.63) is 28.8 Å². The maximum absolute atomic E-state index is 5.89. The second kappa shape index (κ2) is 3.52. The monoisotopic (exact) mass is 216 g/mol. The summed E-state index contributed by atoms with van der Waals surface area (Å²) < 4.78 is 0. The lowest BCUT2D eigenvalue weighted by molar-refractivity contribution is 0.872. The zero-order valence-electron chi connectivity index (χ0n) is 6.46. The van der Waals surface area contributed by atoms with E-state index in [1.54, 1.807) is 0 Å². The molecular formula is C9H9ClS2. The van der Waals surface area contributed by atoms with E-state index in [1.807, 2.05) is 23.9 Å². The average Bonchev–Trinajstić information content (AvgIpc) is 2.04. The summed E-state index contributed by atoms with van der Waals surface area (Å²) in [7, 11) is 0. The van der Waals surface area contributed by atoms with E-state index in [0.717, 1.165) is 17.2 Å². The highest BCUT2D eigenvalue weighted by Gasteiger charge is 2.16. The Labute approximate surface area is 87.1 Å². The van der Waals surface area contributed by atoms with E-state index in [2.05, 4.69) is 18.7 Å². The number of halogens is 1. The van der Waals surface area contributed by atoms with E-state index in [1.165, 1.54) is 10.5 Å². The van der Waals surface area contributed by atoms with Gasteiger partial charge in [0.2, 0.25) is 0 Å². The van der Waals surface area contributed by atoms with Gasteiger partial charge in [-0.1, -0.05) is 17.7 Å². The number of benzene rings is 1. The number of thiol groups is 1. The molecule has 0 aromatic heterocycles. The Morgan fingerprint density at radius 1 is 1.50 bits per heavy atom. The van der Waals surface area contributed by atoms with Crippen molar-refractivity contribution in [1.82, 2.24) is 0 Å². The van der Waals surface area contributed by atoms with Crippen LogP contribution in [0.4, 0.5) is 0 Å². The normalized spacial score (nSPS) is 22.0. The van der Waals surface area contributed by atoms with Gasteiger partial charge < -0.3 is 0 Å². The number of hydrogen-bond donors (Lipinski definition) is 1. The molecule has 0 nitrogen and oxygen atoms in total. The number of rotatable bonds is 0. The van der Waals surface area contributed by atoms with Crippen LogP contribution in [0.25, 0.3) is 0 Å². The predicted molar refractivity (Wildman–Crippen MR) is 58.5 cm³/mol. The summed E-state index contributed by atoms with van der Waals surface area (Å²) >= 11 is 12.3. The first-order valence-electron chi connectivity index (χ1n) is 3.87. The Kier molecular flexibility index (Phi) is 2.58. The van der Waals surface area contributed by atoms with Gasteiger partial charge in [0.15, 0.2) is 0 Å². The zero-order valence-corrected chi connectivity index (χ0v) is 8.92. The van der Waals surface area contributed by atoms with Gasteiger partial charge in [0, 0.05) is 15.2 Å². The van der Waals surface area contributed by atoms with Crippen LogP contribution in [0.15, 0.2) is 23.1 Å². The lowest BCUT2D eigenvalue weighted by Gasteiger charge is -2.20. The summed E-state index contributed by atoms with van der Waals surface area (Å²) in [5.74, 6) is 1.15. The van der Waals surface area contributed by atoms with E-state index < -0.39 is 0 Å². The third-order valence-corrected chi connectivity index (χ3v) is 3.86. The van der Waals surface area contributed by atoms with Crippen LogP contribution in [0.5, 0.6) is 0 Å². The fourth-order valence-corrected chi connectivity index (χ4v) is 3.36. The molecule has 1 aliphatic rings. The molecule has 1 unspecified atom stereocenters. The van der Waals surface area contributed by atoms with Gasteiger partial charge in [-0.2, -0.15) is 12.6 Å². The molecule has 0 N–H and O–H groups in total. The van der Waals surface area contributed by atoms with Gasteiger partial charge >= 0.3 is 0 Å². The molecule has 1 atom stereocenters. The van der Waals surface area contributed by atoms with E-state index in [-0.39, 0.29) is 0 Å². The van der Waals surface area contributed by atoms with Crippen molar-refractivity contribution in [3.63, 3.8) is 0 Å². The predicted octanol–water partition coefficient (Wildman–Crippen LogP) is 3.81. The molecule has 1 aliphatic heterocycles. The Bertz CT molecular complexity index is 299. The van der Waals surface area contributed by atoms with Crippen LogP contribution in [-0.2, 0) is 0 Å². The molecule has 0 saturated carbocycles. The molecule has 0 fully saturated rings. The Morgan fingerprint density at radius 3 is 3.17 bits per heavy atom.